The van der Waals surface area contributed by atoms with Gasteiger partial charge in [-0.15, -0.1) is 0 Å². The molecule has 30 heavy (non-hydrogen) atoms. The summed E-state index contributed by atoms with van der Waals surface area (Å²) in [5, 5.41) is 9.49. The average Bonchev–Trinajstić information content (AvgIpc) is 3.12. The third kappa shape index (κ3) is 5.33. The number of oxazole rings is 1. The number of halogens is 1. The zero-order chi connectivity index (χ0) is 21.7. The number of aliphatic hydroxyl groups excluding tert-OH is 1. The summed E-state index contributed by atoms with van der Waals surface area (Å²) in [6.07, 6.45) is 0. The van der Waals surface area contributed by atoms with E-state index in [1.165, 1.54) is 12.1 Å². The number of carbonyl (C=O) groups excluding carboxylic acids is 1. The number of aromatic nitrogens is 1. The predicted molar refractivity (Wildman–Crippen MR) is 112 cm³/mol. The predicted octanol–water partition coefficient (Wildman–Crippen LogP) is 2.80. The van der Waals surface area contributed by atoms with E-state index in [4.69, 9.17) is 9.15 Å². The Morgan fingerprint density at radius 1 is 1.20 bits per heavy atom. The van der Waals surface area contributed by atoms with Gasteiger partial charge in [-0.25, -0.2) is 13.4 Å². The topological polar surface area (TPSA) is 119 Å². The minimum atomic E-state index is -4.02. The molecule has 0 amide bonds. The Kier molecular flexibility index (Phi) is 7.03. The monoisotopic (exact) mass is 494 g/mol. The first-order valence-corrected chi connectivity index (χ1v) is 11.1. The number of sulfonamides is 1. The summed E-state index contributed by atoms with van der Waals surface area (Å²) < 4.78 is 38.5. The molecule has 2 aromatic carbocycles. The fourth-order valence-corrected chi connectivity index (χ4v) is 3.98. The van der Waals surface area contributed by atoms with Gasteiger partial charge in [0.25, 0.3) is 0 Å². The molecule has 0 spiro atoms. The number of hydrogen-bond donors (Lipinski definition) is 2. The quantitative estimate of drug-likeness (QED) is 0.462. The third-order valence-corrected chi connectivity index (χ3v) is 6.17. The van der Waals surface area contributed by atoms with Gasteiger partial charge in [0.15, 0.2) is 0 Å². The molecule has 0 radical (unpaired) electrons. The molecule has 3 aromatic rings. The number of hydrogen-bond acceptors (Lipinski definition) is 7. The highest BCUT2D eigenvalue weighted by Crippen LogP contribution is 2.22. The Bertz CT molecular complexity index is 1110. The van der Waals surface area contributed by atoms with Crippen molar-refractivity contribution >= 4 is 31.9 Å². The summed E-state index contributed by atoms with van der Waals surface area (Å²) in [4.78, 5) is 16.6. The molecule has 0 aliphatic heterocycles. The van der Waals surface area contributed by atoms with E-state index in [-0.39, 0.29) is 11.5 Å². The minimum absolute atomic E-state index is 0.0446. The van der Waals surface area contributed by atoms with Crippen LogP contribution in [0.2, 0.25) is 0 Å². The normalized spacial score (nSPS) is 12.5. The van der Waals surface area contributed by atoms with Crippen LogP contribution in [0.25, 0.3) is 11.5 Å². The number of rotatable bonds is 8. The highest BCUT2D eigenvalue weighted by Gasteiger charge is 2.27. The molecular weight excluding hydrogens is 476 g/mol. The van der Waals surface area contributed by atoms with Crippen LogP contribution in [0.1, 0.15) is 11.5 Å². The second-order valence-electron chi connectivity index (χ2n) is 6.31. The number of aliphatic hydroxyl groups is 1. The maximum Gasteiger partial charge on any atom is 0.326 e. The van der Waals surface area contributed by atoms with Crippen LogP contribution in [0.3, 0.4) is 0 Å². The molecule has 10 heteroatoms. The lowest BCUT2D eigenvalue weighted by molar-refractivity contribution is -0.148. The standard InChI is InChI=1S/C20H19BrN2O6S/c1-13-18(22-19(29-13)14-5-3-2-4-6-14)12-28-20(25)17(11-24)23-30(26,27)16-9-7-15(21)8-10-16/h2-10,17,23-24H,11-12H2,1H3. The molecule has 1 atom stereocenters. The first kappa shape index (κ1) is 22.2. The molecule has 1 unspecified atom stereocenters. The lowest BCUT2D eigenvalue weighted by Crippen LogP contribution is -2.44. The van der Waals surface area contributed by atoms with Crippen molar-refractivity contribution in [2.45, 2.75) is 24.5 Å². The van der Waals surface area contributed by atoms with Crippen molar-refractivity contribution in [2.75, 3.05) is 6.61 Å². The van der Waals surface area contributed by atoms with E-state index in [0.717, 1.165) is 5.56 Å². The third-order valence-electron chi connectivity index (χ3n) is 4.15. The number of aryl methyl sites for hydroxylation is 1. The van der Waals surface area contributed by atoms with Crippen molar-refractivity contribution in [3.05, 3.63) is 70.5 Å². The summed E-state index contributed by atoms with van der Waals surface area (Å²) in [6, 6.07) is 13.6. The molecule has 0 saturated carbocycles. The smallest absolute Gasteiger partial charge is 0.326 e. The largest absolute Gasteiger partial charge is 0.458 e. The van der Waals surface area contributed by atoms with Gasteiger partial charge in [-0.1, -0.05) is 34.1 Å². The Hall–Kier alpha value is -2.53. The van der Waals surface area contributed by atoms with Crippen molar-refractivity contribution < 1.29 is 27.5 Å². The molecule has 0 aliphatic carbocycles. The van der Waals surface area contributed by atoms with Crippen molar-refractivity contribution in [1.29, 1.82) is 0 Å². The number of nitrogens with zero attached hydrogens (tertiary/aromatic N) is 1. The second-order valence-corrected chi connectivity index (χ2v) is 8.94. The van der Waals surface area contributed by atoms with E-state index in [9.17, 15) is 18.3 Å². The van der Waals surface area contributed by atoms with Crippen LogP contribution in [0.4, 0.5) is 0 Å². The molecule has 3 rings (SSSR count). The van der Waals surface area contributed by atoms with Gasteiger partial charge < -0.3 is 14.3 Å². The number of ether oxygens (including phenoxy) is 1. The molecule has 2 N–H and O–H groups in total. The van der Waals surface area contributed by atoms with Crippen molar-refractivity contribution in [3.63, 3.8) is 0 Å². The van der Waals surface area contributed by atoms with E-state index < -0.39 is 28.6 Å². The van der Waals surface area contributed by atoms with Gasteiger partial charge in [0, 0.05) is 10.0 Å². The molecule has 0 aliphatic rings. The Labute approximate surface area is 182 Å². The van der Waals surface area contributed by atoms with Crippen LogP contribution in [0, 0.1) is 6.92 Å². The van der Waals surface area contributed by atoms with E-state index in [1.54, 1.807) is 19.1 Å². The molecular formula is C20H19BrN2O6S. The van der Waals surface area contributed by atoms with Crippen LogP contribution in [-0.4, -0.2) is 37.1 Å². The van der Waals surface area contributed by atoms with Crippen LogP contribution in [-0.2, 0) is 26.2 Å². The van der Waals surface area contributed by atoms with Gasteiger partial charge in [0.1, 0.15) is 24.1 Å². The highest BCUT2D eigenvalue weighted by atomic mass is 79.9. The SMILES string of the molecule is Cc1oc(-c2ccccc2)nc1COC(=O)C(CO)NS(=O)(=O)c1ccc(Br)cc1. The van der Waals surface area contributed by atoms with Crippen molar-refractivity contribution in [1.82, 2.24) is 9.71 Å². The Morgan fingerprint density at radius 3 is 2.50 bits per heavy atom. The van der Waals surface area contributed by atoms with Gasteiger partial charge in [0.2, 0.25) is 15.9 Å². The Balaban J connectivity index is 1.66. The summed E-state index contributed by atoms with van der Waals surface area (Å²) in [6.45, 7) is 0.696. The zero-order valence-electron chi connectivity index (χ0n) is 15.9. The van der Waals surface area contributed by atoms with Gasteiger partial charge in [0.05, 0.1) is 11.5 Å². The van der Waals surface area contributed by atoms with Crippen LogP contribution >= 0.6 is 15.9 Å². The van der Waals surface area contributed by atoms with Crippen LogP contribution in [0.15, 0.2) is 68.4 Å². The first-order chi connectivity index (χ1) is 14.3. The van der Waals surface area contributed by atoms with Crippen molar-refractivity contribution in [3.8, 4) is 11.5 Å². The minimum Gasteiger partial charge on any atom is -0.458 e. The molecule has 0 bridgehead atoms. The number of nitrogens with one attached hydrogen (secondary N) is 1. The van der Waals surface area contributed by atoms with E-state index in [1.807, 2.05) is 30.3 Å². The number of carbonyl (C=O) groups is 1. The fraction of sp³-hybridized carbons (Fsp3) is 0.200. The lowest BCUT2D eigenvalue weighted by Gasteiger charge is -2.15. The molecule has 0 fully saturated rings. The molecule has 1 heterocycles. The maximum absolute atomic E-state index is 12.4. The Morgan fingerprint density at radius 2 is 1.87 bits per heavy atom. The second kappa shape index (κ2) is 9.52. The van der Waals surface area contributed by atoms with Crippen LogP contribution in [0.5, 0.6) is 0 Å². The van der Waals surface area contributed by atoms with E-state index in [0.29, 0.717) is 21.8 Å². The number of benzene rings is 2. The zero-order valence-corrected chi connectivity index (χ0v) is 18.3. The molecule has 158 valence electrons. The van der Waals surface area contributed by atoms with E-state index in [2.05, 4.69) is 25.6 Å². The number of esters is 1. The fourth-order valence-electron chi connectivity index (χ4n) is 2.54. The van der Waals surface area contributed by atoms with Crippen LogP contribution < -0.4 is 4.72 Å². The van der Waals surface area contributed by atoms with Gasteiger partial charge >= 0.3 is 5.97 Å². The lowest BCUT2D eigenvalue weighted by atomic mass is 10.2. The maximum atomic E-state index is 12.4. The molecule has 0 saturated heterocycles. The molecule has 8 nitrogen and oxygen atoms in total. The summed E-state index contributed by atoms with van der Waals surface area (Å²) in [5.41, 5.74) is 1.17. The highest BCUT2D eigenvalue weighted by molar-refractivity contribution is 9.10. The summed E-state index contributed by atoms with van der Waals surface area (Å²) in [5.74, 6) is -0.0757. The van der Waals surface area contributed by atoms with Gasteiger partial charge in [-0.2, -0.15) is 4.72 Å². The summed E-state index contributed by atoms with van der Waals surface area (Å²) >= 11 is 3.22. The van der Waals surface area contributed by atoms with Crippen molar-refractivity contribution in [2.24, 2.45) is 0 Å². The summed E-state index contributed by atoms with van der Waals surface area (Å²) in [7, 11) is -4.02. The van der Waals surface area contributed by atoms with Gasteiger partial charge in [-0.05, 0) is 43.3 Å². The molecule has 1 aromatic heterocycles. The first-order valence-electron chi connectivity index (χ1n) is 8.87. The van der Waals surface area contributed by atoms with E-state index >= 15 is 0 Å². The average molecular weight is 495 g/mol. The van der Waals surface area contributed by atoms with Gasteiger partial charge in [-0.3, -0.25) is 4.79 Å².